The molecule has 0 aliphatic carbocycles. The Hall–Kier alpha value is -3.81. The van der Waals surface area contributed by atoms with Crippen LogP contribution in [-0.2, 0) is 9.53 Å². The van der Waals surface area contributed by atoms with E-state index < -0.39 is 11.0 Å². The molecule has 2 aromatic rings. The van der Waals surface area contributed by atoms with Gasteiger partial charge in [0.25, 0.3) is 11.6 Å². The average Bonchev–Trinajstić information content (AvgIpc) is 3.35. The second-order valence-electron chi connectivity index (χ2n) is 8.12. The summed E-state index contributed by atoms with van der Waals surface area (Å²) in [6, 6.07) is 14.2. The molecule has 2 aliphatic rings. The van der Waals surface area contributed by atoms with Gasteiger partial charge in [0.15, 0.2) is 5.11 Å². The molecule has 1 saturated heterocycles. The van der Waals surface area contributed by atoms with Gasteiger partial charge in [0.2, 0.25) is 0 Å². The number of nitro benzene ring substituents is 1. The average molecular weight is 478 g/mol. The highest BCUT2D eigenvalue weighted by molar-refractivity contribution is 7.80. The van der Waals surface area contributed by atoms with E-state index in [9.17, 15) is 14.9 Å². The van der Waals surface area contributed by atoms with Crippen LogP contribution in [0.5, 0.6) is 0 Å². The van der Waals surface area contributed by atoms with Gasteiger partial charge >= 0.3 is 0 Å². The van der Waals surface area contributed by atoms with Crippen LogP contribution in [0.15, 0.2) is 59.8 Å². The molecule has 10 heteroatoms. The molecule has 2 N–H and O–H groups in total. The summed E-state index contributed by atoms with van der Waals surface area (Å²) in [4.78, 5) is 25.8. The number of nitrogens with one attached hydrogen (secondary N) is 2. The van der Waals surface area contributed by atoms with Crippen LogP contribution in [0.25, 0.3) is 0 Å². The maximum Gasteiger partial charge on any atom is 0.269 e. The van der Waals surface area contributed by atoms with Crippen LogP contribution >= 0.6 is 12.2 Å². The number of nitro groups is 1. The lowest BCUT2D eigenvalue weighted by Gasteiger charge is -2.38. The molecule has 0 aromatic heterocycles. The molecule has 4 rings (SSSR count). The van der Waals surface area contributed by atoms with Crippen LogP contribution in [-0.4, -0.2) is 40.1 Å². The summed E-state index contributed by atoms with van der Waals surface area (Å²) >= 11 is 5.65. The summed E-state index contributed by atoms with van der Waals surface area (Å²) < 4.78 is 5.77. The standard InChI is InChI=1S/C24H23N5O4S/c1-15-21(23(30)26-18-8-10-19(11-9-18)29(31)32)22(17-6-4-16(13-25)5-7-17)27-24(34)28(15)14-20-3-2-12-33-20/h4-11,20,22H,2-3,12,14H2,1H3,(H,26,30)(H,27,34)/t20-,22-/m0/s1. The number of anilines is 1. The van der Waals surface area contributed by atoms with E-state index in [0.717, 1.165) is 18.4 Å². The zero-order chi connectivity index (χ0) is 24.2. The molecule has 0 radical (unpaired) electrons. The summed E-state index contributed by atoms with van der Waals surface area (Å²) in [5, 5.41) is 26.7. The largest absolute Gasteiger partial charge is 0.376 e. The zero-order valence-electron chi connectivity index (χ0n) is 18.5. The summed E-state index contributed by atoms with van der Waals surface area (Å²) in [5.74, 6) is -0.354. The molecule has 0 spiro atoms. The number of benzene rings is 2. The highest BCUT2D eigenvalue weighted by atomic mass is 32.1. The van der Waals surface area contributed by atoms with E-state index in [2.05, 4.69) is 16.7 Å². The zero-order valence-corrected chi connectivity index (χ0v) is 19.3. The minimum absolute atomic E-state index is 0.0279. The Balaban J connectivity index is 1.68. The Morgan fingerprint density at radius 3 is 2.59 bits per heavy atom. The van der Waals surface area contributed by atoms with Crippen molar-refractivity contribution in [3.63, 3.8) is 0 Å². The maximum absolute atomic E-state index is 13.5. The van der Waals surface area contributed by atoms with Crippen LogP contribution in [0.4, 0.5) is 11.4 Å². The number of nitrogens with zero attached hydrogens (tertiary/aromatic N) is 3. The molecule has 1 amide bonds. The van der Waals surface area contributed by atoms with Crippen molar-refractivity contribution in [1.82, 2.24) is 10.2 Å². The first-order valence-corrected chi connectivity index (χ1v) is 11.2. The van der Waals surface area contributed by atoms with Crippen LogP contribution < -0.4 is 10.6 Å². The molecule has 1 fully saturated rings. The van der Waals surface area contributed by atoms with Crippen LogP contribution in [0.3, 0.4) is 0 Å². The Bertz CT molecular complexity index is 1180. The van der Waals surface area contributed by atoms with Crippen LogP contribution in [0.1, 0.15) is 36.9 Å². The number of non-ortho nitro benzene ring substituents is 1. The van der Waals surface area contributed by atoms with Crippen molar-refractivity contribution in [1.29, 1.82) is 5.26 Å². The predicted octanol–water partition coefficient (Wildman–Crippen LogP) is 3.79. The molecule has 2 aliphatic heterocycles. The third kappa shape index (κ3) is 4.90. The number of hydrogen-bond acceptors (Lipinski definition) is 6. The van der Waals surface area contributed by atoms with Crippen molar-refractivity contribution in [2.24, 2.45) is 0 Å². The fourth-order valence-corrected chi connectivity index (χ4v) is 4.48. The van der Waals surface area contributed by atoms with Crippen molar-refractivity contribution in [3.8, 4) is 6.07 Å². The highest BCUT2D eigenvalue weighted by Gasteiger charge is 2.35. The Morgan fingerprint density at radius 2 is 2.00 bits per heavy atom. The lowest BCUT2D eigenvalue weighted by molar-refractivity contribution is -0.384. The number of carbonyl (C=O) groups excluding carboxylic acids is 1. The summed E-state index contributed by atoms with van der Waals surface area (Å²) in [7, 11) is 0. The second-order valence-corrected chi connectivity index (χ2v) is 8.51. The van der Waals surface area contributed by atoms with Gasteiger partial charge < -0.3 is 20.3 Å². The smallest absolute Gasteiger partial charge is 0.269 e. The minimum Gasteiger partial charge on any atom is -0.376 e. The van der Waals surface area contributed by atoms with Crippen molar-refractivity contribution >= 4 is 34.6 Å². The quantitative estimate of drug-likeness (QED) is 0.366. The number of ether oxygens (including phenoxy) is 1. The first kappa shape index (κ1) is 23.4. The Labute approximate surface area is 202 Å². The number of rotatable bonds is 6. The van der Waals surface area contributed by atoms with Crippen molar-refractivity contribution in [2.45, 2.75) is 31.9 Å². The van der Waals surface area contributed by atoms with E-state index in [1.807, 2.05) is 11.8 Å². The molecule has 2 aromatic carbocycles. The van der Waals surface area contributed by atoms with Crippen LogP contribution in [0.2, 0.25) is 0 Å². The normalized spacial score (nSPS) is 20.0. The first-order valence-electron chi connectivity index (χ1n) is 10.8. The molecule has 2 heterocycles. The fraction of sp³-hybridized carbons (Fsp3) is 0.292. The molecular weight excluding hydrogens is 454 g/mol. The summed E-state index contributed by atoms with van der Waals surface area (Å²) in [6.07, 6.45) is 1.94. The van der Waals surface area contributed by atoms with E-state index in [1.54, 1.807) is 24.3 Å². The number of carbonyl (C=O) groups is 1. The third-order valence-corrected chi connectivity index (χ3v) is 6.30. The molecule has 9 nitrogen and oxygen atoms in total. The van der Waals surface area contributed by atoms with Gasteiger partial charge in [-0.1, -0.05) is 12.1 Å². The molecule has 174 valence electrons. The fourth-order valence-electron chi connectivity index (χ4n) is 4.15. The van der Waals surface area contributed by atoms with Gasteiger partial charge in [0, 0.05) is 30.1 Å². The minimum atomic E-state index is -0.529. The Morgan fingerprint density at radius 1 is 1.29 bits per heavy atom. The Kier molecular flexibility index (Phi) is 6.86. The molecule has 34 heavy (non-hydrogen) atoms. The molecule has 0 unspecified atom stereocenters. The monoisotopic (exact) mass is 477 g/mol. The second kappa shape index (κ2) is 9.99. The van der Waals surface area contributed by atoms with Gasteiger partial charge in [-0.05, 0) is 61.8 Å². The molecular formula is C24H23N5O4S. The van der Waals surface area contributed by atoms with Crippen molar-refractivity contribution in [2.75, 3.05) is 18.5 Å². The number of allylic oxidation sites excluding steroid dienone is 1. The molecule has 2 atom stereocenters. The van der Waals surface area contributed by atoms with Gasteiger partial charge in [0.1, 0.15) is 0 Å². The highest BCUT2D eigenvalue weighted by Crippen LogP contribution is 2.32. The molecule has 0 saturated carbocycles. The van der Waals surface area contributed by atoms with Gasteiger partial charge in [-0.3, -0.25) is 14.9 Å². The van der Waals surface area contributed by atoms with E-state index in [0.29, 0.717) is 40.8 Å². The summed E-state index contributed by atoms with van der Waals surface area (Å²) in [5.41, 5.74) is 2.85. The number of nitriles is 1. The SMILES string of the molecule is CC1=C(C(=O)Nc2ccc([N+](=O)[O-])cc2)[C@H](c2ccc(C#N)cc2)NC(=S)N1C[C@@H]1CCCO1. The van der Waals surface area contributed by atoms with E-state index in [-0.39, 0.29) is 17.7 Å². The van der Waals surface area contributed by atoms with Crippen molar-refractivity contribution < 1.29 is 14.5 Å². The third-order valence-electron chi connectivity index (χ3n) is 5.96. The topological polar surface area (TPSA) is 121 Å². The number of amides is 1. The van der Waals surface area contributed by atoms with Crippen molar-refractivity contribution in [3.05, 3.63) is 81.0 Å². The first-order chi connectivity index (χ1) is 16.4. The van der Waals surface area contributed by atoms with E-state index in [1.165, 1.54) is 24.3 Å². The lowest BCUT2D eigenvalue weighted by atomic mass is 9.93. The van der Waals surface area contributed by atoms with Gasteiger partial charge in [-0.25, -0.2) is 0 Å². The number of hydrogen-bond donors (Lipinski definition) is 2. The van der Waals surface area contributed by atoms with Gasteiger partial charge in [-0.15, -0.1) is 0 Å². The summed E-state index contributed by atoms with van der Waals surface area (Å²) in [6.45, 7) is 3.10. The lowest BCUT2D eigenvalue weighted by Crippen LogP contribution is -2.50. The van der Waals surface area contributed by atoms with Gasteiger partial charge in [0.05, 0.1) is 40.8 Å². The van der Waals surface area contributed by atoms with Gasteiger partial charge in [-0.2, -0.15) is 5.26 Å². The predicted molar refractivity (Wildman–Crippen MR) is 130 cm³/mol. The maximum atomic E-state index is 13.5. The molecule has 0 bridgehead atoms. The number of thiocarbonyl (C=S) groups is 1. The van der Waals surface area contributed by atoms with E-state index >= 15 is 0 Å². The van der Waals surface area contributed by atoms with E-state index in [4.69, 9.17) is 22.2 Å². The van der Waals surface area contributed by atoms with Crippen LogP contribution in [0, 0.1) is 21.4 Å².